The molecule has 3 rings (SSSR count). The Bertz CT molecular complexity index is 1060. The molecule has 0 bridgehead atoms. The van der Waals surface area contributed by atoms with Crippen molar-refractivity contribution >= 4 is 66.5 Å². The van der Waals surface area contributed by atoms with Crippen molar-refractivity contribution in [3.8, 4) is 5.75 Å². The summed E-state index contributed by atoms with van der Waals surface area (Å²) in [5.41, 5.74) is 1.10. The van der Waals surface area contributed by atoms with Gasteiger partial charge in [-0.2, -0.15) is 0 Å². The number of carbonyl (C=O) groups excluding carboxylic acids is 2. The third-order valence-corrected chi connectivity index (χ3v) is 6.09. The van der Waals surface area contributed by atoms with Gasteiger partial charge in [0.15, 0.2) is 0 Å². The number of benzene rings is 2. The standard InChI is InChI=1S/C20H14Br2N2O5S/c1-2-6-29-18-15(21)8-13(9-16(18)22)10-17-19(25)23(20(26)30-17)11-12-4-3-5-14(7-12)24(27)28/h2-5,7-10H,1,6,11H2/b17-10-. The Morgan fingerprint density at radius 3 is 2.53 bits per heavy atom. The fourth-order valence-electron chi connectivity index (χ4n) is 2.68. The molecule has 1 fully saturated rings. The number of hydrogen-bond acceptors (Lipinski definition) is 6. The van der Waals surface area contributed by atoms with Crippen molar-refractivity contribution in [1.29, 1.82) is 0 Å². The van der Waals surface area contributed by atoms with Gasteiger partial charge < -0.3 is 4.74 Å². The first-order valence-electron chi connectivity index (χ1n) is 8.51. The minimum absolute atomic E-state index is 0.0363. The second-order valence-electron chi connectivity index (χ2n) is 6.11. The normalized spacial score (nSPS) is 15.0. The Kier molecular flexibility index (Phi) is 7.11. The van der Waals surface area contributed by atoms with E-state index in [0.29, 0.717) is 32.4 Å². The number of ether oxygens (including phenoxy) is 1. The smallest absolute Gasteiger partial charge is 0.293 e. The second kappa shape index (κ2) is 9.59. The molecule has 0 saturated carbocycles. The Morgan fingerprint density at radius 1 is 1.20 bits per heavy atom. The first-order valence-corrected chi connectivity index (χ1v) is 10.9. The summed E-state index contributed by atoms with van der Waals surface area (Å²) < 4.78 is 6.94. The van der Waals surface area contributed by atoms with Crippen molar-refractivity contribution in [2.45, 2.75) is 6.54 Å². The minimum atomic E-state index is -0.518. The van der Waals surface area contributed by atoms with Gasteiger partial charge in [-0.05, 0) is 73.0 Å². The molecule has 1 aliphatic heterocycles. The first kappa shape index (κ1) is 22.3. The average molecular weight is 554 g/mol. The SMILES string of the molecule is C=CCOc1c(Br)cc(/C=C2\SC(=O)N(Cc3cccc([N+](=O)[O-])c3)C2=O)cc1Br. The molecular formula is C20H14Br2N2O5S. The molecule has 2 aromatic carbocycles. The number of nitrogens with zero attached hydrogens (tertiary/aromatic N) is 2. The Balaban J connectivity index is 1.82. The summed E-state index contributed by atoms with van der Waals surface area (Å²) in [4.78, 5) is 36.9. The van der Waals surface area contributed by atoms with Crippen LogP contribution >= 0.6 is 43.6 Å². The van der Waals surface area contributed by atoms with Gasteiger partial charge in [0.05, 0.1) is 25.3 Å². The van der Waals surface area contributed by atoms with Crippen LogP contribution in [0.2, 0.25) is 0 Å². The molecule has 10 heteroatoms. The molecule has 0 aromatic heterocycles. The van der Waals surface area contributed by atoms with Gasteiger partial charge in [-0.1, -0.05) is 24.8 Å². The van der Waals surface area contributed by atoms with Crippen molar-refractivity contribution in [3.05, 3.63) is 84.1 Å². The van der Waals surface area contributed by atoms with Gasteiger partial charge in [0.1, 0.15) is 12.4 Å². The highest BCUT2D eigenvalue weighted by Gasteiger charge is 2.35. The van der Waals surface area contributed by atoms with Gasteiger partial charge in [-0.3, -0.25) is 24.6 Å². The molecule has 0 spiro atoms. The van der Waals surface area contributed by atoms with Crippen LogP contribution in [0.5, 0.6) is 5.75 Å². The van der Waals surface area contributed by atoms with Crippen molar-refractivity contribution in [2.75, 3.05) is 6.61 Å². The molecule has 0 radical (unpaired) electrons. The predicted molar refractivity (Wildman–Crippen MR) is 122 cm³/mol. The van der Waals surface area contributed by atoms with Crippen molar-refractivity contribution in [2.24, 2.45) is 0 Å². The topological polar surface area (TPSA) is 89.8 Å². The van der Waals surface area contributed by atoms with Crippen molar-refractivity contribution in [1.82, 2.24) is 4.90 Å². The van der Waals surface area contributed by atoms with Crippen LogP contribution in [0.3, 0.4) is 0 Å². The van der Waals surface area contributed by atoms with Crippen molar-refractivity contribution in [3.63, 3.8) is 0 Å². The summed E-state index contributed by atoms with van der Waals surface area (Å²) in [6.45, 7) is 3.92. The summed E-state index contributed by atoms with van der Waals surface area (Å²) in [5, 5.41) is 10.5. The summed E-state index contributed by atoms with van der Waals surface area (Å²) in [6, 6.07) is 9.41. The van der Waals surface area contributed by atoms with Crippen LogP contribution < -0.4 is 4.74 Å². The predicted octanol–water partition coefficient (Wildman–Crippen LogP) is 5.92. The van der Waals surface area contributed by atoms with E-state index in [1.807, 2.05) is 0 Å². The largest absolute Gasteiger partial charge is 0.487 e. The molecule has 2 amide bonds. The number of nitro benzene ring substituents is 1. The summed E-state index contributed by atoms with van der Waals surface area (Å²) in [5.74, 6) is 0.154. The van der Waals surface area contributed by atoms with Crippen LogP contribution in [0.4, 0.5) is 10.5 Å². The zero-order valence-corrected chi connectivity index (χ0v) is 19.3. The molecule has 1 aliphatic rings. The molecule has 0 N–H and O–H groups in total. The van der Waals surface area contributed by atoms with E-state index in [1.54, 1.807) is 30.4 Å². The molecule has 0 unspecified atom stereocenters. The number of nitro groups is 1. The molecule has 1 heterocycles. The van der Waals surface area contributed by atoms with E-state index in [0.717, 1.165) is 16.7 Å². The lowest BCUT2D eigenvalue weighted by Crippen LogP contribution is -2.27. The lowest BCUT2D eigenvalue weighted by Gasteiger charge is -2.12. The van der Waals surface area contributed by atoms with Gasteiger partial charge in [0, 0.05) is 12.1 Å². The van der Waals surface area contributed by atoms with Crippen molar-refractivity contribution < 1.29 is 19.2 Å². The fraction of sp³-hybridized carbons (Fsp3) is 0.100. The van der Waals surface area contributed by atoms with Crippen LogP contribution in [0.15, 0.2) is 62.9 Å². The maximum atomic E-state index is 12.7. The van der Waals surface area contributed by atoms with E-state index in [1.165, 1.54) is 18.2 Å². The highest BCUT2D eigenvalue weighted by molar-refractivity contribution is 9.11. The minimum Gasteiger partial charge on any atom is -0.487 e. The van der Waals surface area contributed by atoms with Crippen LogP contribution in [0, 0.1) is 10.1 Å². The van der Waals surface area contributed by atoms with Gasteiger partial charge in [0.2, 0.25) is 0 Å². The monoisotopic (exact) mass is 552 g/mol. The van der Waals surface area contributed by atoms with E-state index in [-0.39, 0.29) is 17.1 Å². The number of hydrogen-bond donors (Lipinski definition) is 0. The number of halogens is 2. The zero-order chi connectivity index (χ0) is 21.8. The van der Waals surface area contributed by atoms with Crippen LogP contribution in [-0.4, -0.2) is 27.6 Å². The lowest BCUT2D eigenvalue weighted by atomic mass is 10.2. The molecule has 30 heavy (non-hydrogen) atoms. The maximum absolute atomic E-state index is 12.7. The average Bonchev–Trinajstić information content (AvgIpc) is 2.95. The Hall–Kier alpha value is -2.43. The number of rotatable bonds is 7. The second-order valence-corrected chi connectivity index (χ2v) is 8.81. The Labute approximate surface area is 193 Å². The molecule has 0 atom stereocenters. The summed E-state index contributed by atoms with van der Waals surface area (Å²) >= 11 is 7.70. The summed E-state index contributed by atoms with van der Waals surface area (Å²) in [6.07, 6.45) is 3.25. The van der Waals surface area contributed by atoms with Gasteiger partial charge in [0.25, 0.3) is 16.8 Å². The molecule has 2 aromatic rings. The number of non-ortho nitro benzene ring substituents is 1. The highest BCUT2D eigenvalue weighted by Crippen LogP contribution is 2.38. The van der Waals surface area contributed by atoms with Gasteiger partial charge in [-0.25, -0.2) is 0 Å². The van der Waals surface area contributed by atoms with E-state index >= 15 is 0 Å². The number of carbonyl (C=O) groups is 2. The lowest BCUT2D eigenvalue weighted by molar-refractivity contribution is -0.384. The number of imide groups is 1. The molecule has 154 valence electrons. The molecular weight excluding hydrogens is 540 g/mol. The van der Waals surface area contributed by atoms with Gasteiger partial charge >= 0.3 is 0 Å². The fourth-order valence-corrected chi connectivity index (χ4v) is 4.97. The number of amides is 2. The van der Waals surface area contributed by atoms with Crippen LogP contribution in [0.25, 0.3) is 6.08 Å². The van der Waals surface area contributed by atoms with E-state index in [2.05, 4.69) is 38.4 Å². The highest BCUT2D eigenvalue weighted by atomic mass is 79.9. The third-order valence-electron chi connectivity index (χ3n) is 4.00. The van der Waals surface area contributed by atoms with E-state index in [9.17, 15) is 19.7 Å². The maximum Gasteiger partial charge on any atom is 0.293 e. The van der Waals surface area contributed by atoms with Crippen LogP contribution in [-0.2, 0) is 11.3 Å². The zero-order valence-electron chi connectivity index (χ0n) is 15.3. The Morgan fingerprint density at radius 2 is 1.90 bits per heavy atom. The van der Waals surface area contributed by atoms with Gasteiger partial charge in [-0.15, -0.1) is 0 Å². The summed E-state index contributed by atoms with van der Waals surface area (Å²) in [7, 11) is 0. The molecule has 7 nitrogen and oxygen atoms in total. The molecule has 1 saturated heterocycles. The first-order chi connectivity index (χ1) is 14.3. The van der Waals surface area contributed by atoms with E-state index < -0.39 is 16.1 Å². The molecule has 0 aliphatic carbocycles. The number of thioether (sulfide) groups is 1. The quantitative estimate of drug-likeness (QED) is 0.183. The van der Waals surface area contributed by atoms with E-state index in [4.69, 9.17) is 4.74 Å². The third kappa shape index (κ3) is 5.00. The van der Waals surface area contributed by atoms with Crippen LogP contribution in [0.1, 0.15) is 11.1 Å².